The second-order valence-electron chi connectivity index (χ2n) is 5.94. The van der Waals surface area contributed by atoms with Gasteiger partial charge in [0, 0.05) is 11.4 Å². The van der Waals surface area contributed by atoms with Crippen LogP contribution in [0.1, 0.15) is 32.1 Å². The average Bonchev–Trinajstić information content (AvgIpc) is 3.22. The lowest BCUT2D eigenvalue weighted by molar-refractivity contribution is -0.124. The third-order valence-corrected chi connectivity index (χ3v) is 5.39. The number of hydrogen-bond acceptors (Lipinski definition) is 5. The van der Waals surface area contributed by atoms with Crippen molar-refractivity contribution in [2.24, 2.45) is 0 Å². The van der Waals surface area contributed by atoms with Gasteiger partial charge in [0.25, 0.3) is 5.91 Å². The summed E-state index contributed by atoms with van der Waals surface area (Å²) in [5, 5.41) is 2.76. The summed E-state index contributed by atoms with van der Waals surface area (Å²) in [7, 11) is 1.63. The highest BCUT2D eigenvalue weighted by Gasteiger charge is 2.19. The van der Waals surface area contributed by atoms with E-state index in [0.29, 0.717) is 17.8 Å². The number of carbonyl (C=O) groups excluding carboxylic acids is 2. The van der Waals surface area contributed by atoms with E-state index < -0.39 is 5.97 Å². The van der Waals surface area contributed by atoms with Gasteiger partial charge in [-0.15, -0.1) is 11.3 Å². The summed E-state index contributed by atoms with van der Waals surface area (Å²) in [5.41, 5.74) is 2.35. The average molecular weight is 359 g/mol. The van der Waals surface area contributed by atoms with E-state index in [4.69, 9.17) is 9.47 Å². The number of benzene rings is 1. The Kier molecular flexibility index (Phi) is 5.71. The first-order valence-corrected chi connectivity index (χ1v) is 9.15. The molecule has 2 aromatic rings. The first-order chi connectivity index (χ1) is 12.2. The molecule has 0 aliphatic heterocycles. The molecule has 132 valence electrons. The summed E-state index contributed by atoms with van der Waals surface area (Å²) in [5.74, 6) is 0.106. The van der Waals surface area contributed by atoms with Crippen LogP contribution < -0.4 is 10.1 Å². The topological polar surface area (TPSA) is 64.6 Å². The molecule has 1 heterocycles. The van der Waals surface area contributed by atoms with Crippen molar-refractivity contribution in [1.82, 2.24) is 5.32 Å². The number of ether oxygens (including phenoxy) is 2. The highest BCUT2D eigenvalue weighted by atomic mass is 32.1. The molecule has 0 unspecified atom stereocenters. The lowest BCUT2D eigenvalue weighted by atomic mass is 10.1. The van der Waals surface area contributed by atoms with Crippen molar-refractivity contribution in [2.75, 3.05) is 20.3 Å². The Hall–Kier alpha value is -2.34. The molecule has 0 atom stereocenters. The number of rotatable bonds is 7. The minimum Gasteiger partial charge on any atom is -0.497 e. The van der Waals surface area contributed by atoms with E-state index in [1.807, 2.05) is 30.3 Å². The smallest absolute Gasteiger partial charge is 0.348 e. The molecule has 3 rings (SSSR count). The Labute approximate surface area is 151 Å². The SMILES string of the molecule is COc1ccc(CCNC(=O)COC(=O)c2cc3c(s2)CCC3)cc1. The van der Waals surface area contributed by atoms with Crippen molar-refractivity contribution < 1.29 is 19.1 Å². The van der Waals surface area contributed by atoms with Crippen molar-refractivity contribution in [3.05, 3.63) is 51.2 Å². The number of esters is 1. The zero-order valence-corrected chi connectivity index (χ0v) is 15.0. The fraction of sp³-hybridized carbons (Fsp3) is 0.368. The lowest BCUT2D eigenvalue weighted by Gasteiger charge is -2.07. The molecule has 0 fully saturated rings. The highest BCUT2D eigenvalue weighted by molar-refractivity contribution is 7.14. The van der Waals surface area contributed by atoms with Crippen LogP contribution in [-0.4, -0.2) is 32.1 Å². The van der Waals surface area contributed by atoms with Crippen molar-refractivity contribution >= 4 is 23.2 Å². The van der Waals surface area contributed by atoms with Crippen molar-refractivity contribution in [1.29, 1.82) is 0 Å². The fourth-order valence-electron chi connectivity index (χ4n) is 2.82. The molecule has 1 aliphatic rings. The van der Waals surface area contributed by atoms with Gasteiger partial charge in [-0.05, 0) is 55.0 Å². The van der Waals surface area contributed by atoms with Crippen molar-refractivity contribution in [3.63, 3.8) is 0 Å². The number of amides is 1. The van der Waals surface area contributed by atoms with E-state index in [1.165, 1.54) is 21.8 Å². The normalized spacial score (nSPS) is 12.5. The number of aryl methyl sites for hydroxylation is 2. The van der Waals surface area contributed by atoms with Crippen LogP contribution in [0.15, 0.2) is 30.3 Å². The van der Waals surface area contributed by atoms with Gasteiger partial charge in [-0.2, -0.15) is 0 Å². The Morgan fingerprint density at radius 3 is 2.72 bits per heavy atom. The summed E-state index contributed by atoms with van der Waals surface area (Å²) >= 11 is 1.48. The molecule has 1 amide bonds. The molecule has 5 nitrogen and oxygen atoms in total. The second kappa shape index (κ2) is 8.16. The van der Waals surface area contributed by atoms with Crippen LogP contribution in [0.4, 0.5) is 0 Å². The Balaban J connectivity index is 1.37. The number of methoxy groups -OCH3 is 1. The molecule has 0 saturated carbocycles. The molecular formula is C19H21NO4S. The van der Waals surface area contributed by atoms with Gasteiger partial charge in [0.15, 0.2) is 6.61 Å². The number of fused-ring (bicyclic) bond motifs is 1. The summed E-state index contributed by atoms with van der Waals surface area (Å²) in [4.78, 5) is 25.7. The highest BCUT2D eigenvalue weighted by Crippen LogP contribution is 2.30. The van der Waals surface area contributed by atoms with Crippen molar-refractivity contribution in [2.45, 2.75) is 25.7 Å². The number of carbonyl (C=O) groups is 2. The van der Waals surface area contributed by atoms with E-state index in [9.17, 15) is 9.59 Å². The molecule has 0 bridgehead atoms. The Morgan fingerprint density at radius 1 is 1.20 bits per heavy atom. The number of thiophene rings is 1. The maximum absolute atomic E-state index is 12.0. The maximum Gasteiger partial charge on any atom is 0.348 e. The molecule has 25 heavy (non-hydrogen) atoms. The minimum atomic E-state index is -0.412. The first kappa shape index (κ1) is 17.5. The molecular weight excluding hydrogens is 338 g/mol. The molecule has 1 aliphatic carbocycles. The van der Waals surface area contributed by atoms with Crippen LogP contribution in [0.25, 0.3) is 0 Å². The van der Waals surface area contributed by atoms with Crippen LogP contribution >= 0.6 is 11.3 Å². The molecule has 1 N–H and O–H groups in total. The third kappa shape index (κ3) is 4.60. The summed E-state index contributed by atoms with van der Waals surface area (Å²) < 4.78 is 10.2. The summed E-state index contributed by atoms with van der Waals surface area (Å²) in [6, 6.07) is 9.59. The molecule has 0 spiro atoms. The monoisotopic (exact) mass is 359 g/mol. The van der Waals surface area contributed by atoms with Crippen LogP contribution in [0.3, 0.4) is 0 Å². The van der Waals surface area contributed by atoms with Gasteiger partial charge in [0.1, 0.15) is 10.6 Å². The van der Waals surface area contributed by atoms with E-state index in [-0.39, 0.29) is 12.5 Å². The van der Waals surface area contributed by atoms with Crippen LogP contribution in [-0.2, 0) is 28.8 Å². The zero-order valence-electron chi connectivity index (χ0n) is 14.2. The first-order valence-electron chi connectivity index (χ1n) is 8.34. The quantitative estimate of drug-likeness (QED) is 0.772. The van der Waals surface area contributed by atoms with Gasteiger partial charge >= 0.3 is 5.97 Å². The van der Waals surface area contributed by atoms with E-state index >= 15 is 0 Å². The molecule has 1 aromatic carbocycles. The molecule has 6 heteroatoms. The van der Waals surface area contributed by atoms with Crippen LogP contribution in [0.5, 0.6) is 5.75 Å². The Bertz CT molecular complexity index is 730. The second-order valence-corrected chi connectivity index (χ2v) is 7.07. The van der Waals surface area contributed by atoms with E-state index in [1.54, 1.807) is 7.11 Å². The van der Waals surface area contributed by atoms with Gasteiger partial charge in [0.2, 0.25) is 0 Å². The van der Waals surface area contributed by atoms with Gasteiger partial charge in [-0.1, -0.05) is 12.1 Å². The largest absolute Gasteiger partial charge is 0.497 e. The maximum atomic E-state index is 12.0. The van der Waals surface area contributed by atoms with Crippen LogP contribution in [0, 0.1) is 0 Å². The lowest BCUT2D eigenvalue weighted by Crippen LogP contribution is -2.30. The van der Waals surface area contributed by atoms with E-state index in [0.717, 1.165) is 30.6 Å². The molecule has 0 saturated heterocycles. The van der Waals surface area contributed by atoms with Crippen molar-refractivity contribution in [3.8, 4) is 5.75 Å². The summed E-state index contributed by atoms with van der Waals surface area (Å²) in [6.45, 7) is 0.250. The standard InChI is InChI=1S/C19H21NO4S/c1-23-15-7-5-13(6-8-15)9-10-20-18(21)12-24-19(22)17-11-14-3-2-4-16(14)25-17/h5-8,11H,2-4,9-10,12H2,1H3,(H,20,21). The predicted molar refractivity (Wildman–Crippen MR) is 96.3 cm³/mol. The zero-order chi connectivity index (χ0) is 17.6. The van der Waals surface area contributed by atoms with Crippen LogP contribution in [0.2, 0.25) is 0 Å². The van der Waals surface area contributed by atoms with Gasteiger partial charge in [-0.25, -0.2) is 4.79 Å². The molecule has 0 radical (unpaired) electrons. The van der Waals surface area contributed by atoms with E-state index in [2.05, 4.69) is 5.32 Å². The summed E-state index contributed by atoms with van der Waals surface area (Å²) in [6.07, 6.45) is 3.94. The third-order valence-electron chi connectivity index (χ3n) is 4.18. The molecule has 1 aromatic heterocycles. The van der Waals surface area contributed by atoms with Gasteiger partial charge in [0.05, 0.1) is 7.11 Å². The van der Waals surface area contributed by atoms with Gasteiger partial charge in [-0.3, -0.25) is 4.79 Å². The fourth-order valence-corrected chi connectivity index (χ4v) is 3.97. The predicted octanol–water partition coefficient (Wildman–Crippen LogP) is 2.76. The Morgan fingerprint density at radius 2 is 2.00 bits per heavy atom. The number of nitrogens with one attached hydrogen (secondary N) is 1. The number of hydrogen-bond donors (Lipinski definition) is 1. The van der Waals surface area contributed by atoms with Gasteiger partial charge < -0.3 is 14.8 Å². The minimum absolute atomic E-state index is 0.246.